The fourth-order valence-electron chi connectivity index (χ4n) is 2.78. The second-order valence-electron chi connectivity index (χ2n) is 5.44. The molecular formula is C17H16FN3O3. The lowest BCUT2D eigenvalue weighted by molar-refractivity contribution is 0.0666. The van der Waals surface area contributed by atoms with Crippen LogP contribution in [0.15, 0.2) is 42.6 Å². The monoisotopic (exact) mass is 329 g/mol. The van der Waals surface area contributed by atoms with Crippen molar-refractivity contribution in [3.63, 3.8) is 0 Å². The van der Waals surface area contributed by atoms with Gasteiger partial charge in [0.05, 0.1) is 11.3 Å². The van der Waals surface area contributed by atoms with Crippen LogP contribution in [0.1, 0.15) is 20.8 Å². The Hall–Kier alpha value is -2.96. The minimum absolute atomic E-state index is 0.0735. The number of hydrogen-bond donors (Lipinski definition) is 1. The van der Waals surface area contributed by atoms with Crippen molar-refractivity contribution in [3.8, 4) is 0 Å². The molecule has 3 rings (SSSR count). The van der Waals surface area contributed by atoms with Gasteiger partial charge in [0.25, 0.3) is 5.91 Å². The molecule has 0 radical (unpaired) electrons. The van der Waals surface area contributed by atoms with Gasteiger partial charge in [-0.15, -0.1) is 0 Å². The van der Waals surface area contributed by atoms with Gasteiger partial charge in [0.2, 0.25) is 0 Å². The number of carbonyl (C=O) groups excluding carboxylic acids is 1. The molecule has 1 N–H and O–H groups in total. The number of carboxylic acids is 1. The number of pyridine rings is 1. The molecule has 7 heteroatoms. The first-order valence-corrected chi connectivity index (χ1v) is 7.55. The number of carboxylic acid groups (broad SMARTS) is 1. The topological polar surface area (TPSA) is 73.7 Å². The summed E-state index contributed by atoms with van der Waals surface area (Å²) in [7, 11) is 0. The van der Waals surface area contributed by atoms with E-state index in [9.17, 15) is 14.0 Å². The largest absolute Gasteiger partial charge is 0.476 e. The summed E-state index contributed by atoms with van der Waals surface area (Å²) in [5.74, 6) is -1.89. The Morgan fingerprint density at radius 2 is 1.75 bits per heavy atom. The molecule has 0 atom stereocenters. The maximum atomic E-state index is 13.8. The Bertz CT molecular complexity index is 773. The van der Waals surface area contributed by atoms with Crippen molar-refractivity contribution in [2.24, 2.45) is 0 Å². The van der Waals surface area contributed by atoms with E-state index in [4.69, 9.17) is 5.11 Å². The van der Waals surface area contributed by atoms with E-state index >= 15 is 0 Å². The molecule has 0 aliphatic carbocycles. The van der Waals surface area contributed by atoms with E-state index in [0.29, 0.717) is 31.9 Å². The molecule has 1 amide bonds. The molecule has 1 saturated heterocycles. The van der Waals surface area contributed by atoms with E-state index in [0.717, 1.165) is 0 Å². The highest BCUT2D eigenvalue weighted by atomic mass is 19.1. The molecule has 24 heavy (non-hydrogen) atoms. The molecule has 2 aromatic rings. The van der Waals surface area contributed by atoms with Gasteiger partial charge in [0.15, 0.2) is 5.69 Å². The lowest BCUT2D eigenvalue weighted by Gasteiger charge is -2.36. The maximum Gasteiger partial charge on any atom is 0.355 e. The first-order valence-electron chi connectivity index (χ1n) is 7.55. The predicted molar refractivity (Wildman–Crippen MR) is 85.7 cm³/mol. The summed E-state index contributed by atoms with van der Waals surface area (Å²) < 4.78 is 13.8. The van der Waals surface area contributed by atoms with Crippen molar-refractivity contribution in [1.29, 1.82) is 0 Å². The fourth-order valence-corrected chi connectivity index (χ4v) is 2.78. The van der Waals surface area contributed by atoms with Gasteiger partial charge < -0.3 is 14.9 Å². The van der Waals surface area contributed by atoms with Crippen LogP contribution >= 0.6 is 0 Å². The average molecular weight is 329 g/mol. The molecule has 0 saturated carbocycles. The molecule has 1 fully saturated rings. The number of halogens is 1. The van der Waals surface area contributed by atoms with Crippen molar-refractivity contribution in [2.75, 3.05) is 31.1 Å². The summed E-state index contributed by atoms with van der Waals surface area (Å²) in [6.07, 6.45) is 1.34. The summed E-state index contributed by atoms with van der Waals surface area (Å²) in [6.45, 7) is 1.74. The zero-order chi connectivity index (χ0) is 17.1. The zero-order valence-electron chi connectivity index (χ0n) is 12.9. The van der Waals surface area contributed by atoms with Crippen molar-refractivity contribution >= 4 is 17.6 Å². The number of piperazine rings is 1. The van der Waals surface area contributed by atoms with Crippen molar-refractivity contribution < 1.29 is 19.1 Å². The number of amides is 1. The van der Waals surface area contributed by atoms with Crippen LogP contribution in [0.5, 0.6) is 0 Å². The normalized spacial score (nSPS) is 14.5. The smallest absolute Gasteiger partial charge is 0.355 e. The van der Waals surface area contributed by atoms with Crippen LogP contribution in [0, 0.1) is 5.82 Å². The minimum atomic E-state index is -1.23. The van der Waals surface area contributed by atoms with Gasteiger partial charge in [0.1, 0.15) is 5.82 Å². The lowest BCUT2D eigenvalue weighted by Crippen LogP contribution is -2.49. The number of benzene rings is 1. The number of aromatic nitrogens is 1. The summed E-state index contributed by atoms with van der Waals surface area (Å²) in [5, 5.41) is 9.15. The van der Waals surface area contributed by atoms with Gasteiger partial charge >= 0.3 is 5.97 Å². The highest BCUT2D eigenvalue weighted by Crippen LogP contribution is 2.21. The van der Waals surface area contributed by atoms with Crippen LogP contribution in [0.2, 0.25) is 0 Å². The molecule has 0 spiro atoms. The van der Waals surface area contributed by atoms with Gasteiger partial charge in [-0.2, -0.15) is 0 Å². The van der Waals surface area contributed by atoms with Gasteiger partial charge in [-0.3, -0.25) is 4.79 Å². The number of carbonyl (C=O) groups is 2. The van der Waals surface area contributed by atoms with Gasteiger partial charge in [0, 0.05) is 32.4 Å². The Labute approximate surface area is 138 Å². The summed E-state index contributed by atoms with van der Waals surface area (Å²) in [6, 6.07) is 9.51. The van der Waals surface area contributed by atoms with Crippen LogP contribution in [0.4, 0.5) is 10.1 Å². The Balaban J connectivity index is 1.72. The predicted octanol–water partition coefficient (Wildman–Crippen LogP) is 1.88. The fraction of sp³-hybridized carbons (Fsp3) is 0.235. The highest BCUT2D eigenvalue weighted by molar-refractivity contribution is 6.03. The molecule has 1 aromatic heterocycles. The second-order valence-corrected chi connectivity index (χ2v) is 5.44. The summed E-state index contributed by atoms with van der Waals surface area (Å²) >= 11 is 0. The molecule has 0 bridgehead atoms. The Morgan fingerprint density at radius 3 is 2.42 bits per heavy atom. The van der Waals surface area contributed by atoms with E-state index in [1.807, 2.05) is 4.90 Å². The second kappa shape index (κ2) is 6.66. The van der Waals surface area contributed by atoms with Gasteiger partial charge in [-0.25, -0.2) is 14.2 Å². The maximum absolute atomic E-state index is 13.8. The third-order valence-corrected chi connectivity index (χ3v) is 4.00. The molecule has 6 nitrogen and oxygen atoms in total. The van der Waals surface area contributed by atoms with E-state index in [1.54, 1.807) is 23.1 Å². The van der Waals surface area contributed by atoms with Crippen molar-refractivity contribution in [3.05, 3.63) is 59.7 Å². The van der Waals surface area contributed by atoms with Crippen LogP contribution in [-0.2, 0) is 0 Å². The number of rotatable bonds is 3. The molecule has 2 heterocycles. The minimum Gasteiger partial charge on any atom is -0.476 e. The average Bonchev–Trinajstić information content (AvgIpc) is 2.62. The van der Waals surface area contributed by atoms with Crippen LogP contribution in [0.3, 0.4) is 0 Å². The van der Waals surface area contributed by atoms with E-state index in [1.165, 1.54) is 24.4 Å². The number of anilines is 1. The Kier molecular flexibility index (Phi) is 4.41. The molecule has 1 aliphatic rings. The number of para-hydroxylation sites is 1. The Morgan fingerprint density at radius 1 is 1.04 bits per heavy atom. The first kappa shape index (κ1) is 15.9. The van der Waals surface area contributed by atoms with Crippen LogP contribution < -0.4 is 4.90 Å². The molecule has 0 unspecified atom stereocenters. The quantitative estimate of drug-likeness (QED) is 0.931. The summed E-state index contributed by atoms with van der Waals surface area (Å²) in [5.41, 5.74) is 0.334. The SMILES string of the molecule is O=C(O)c1ncccc1C(=O)N1CCN(c2ccccc2F)CC1. The van der Waals surface area contributed by atoms with Crippen molar-refractivity contribution in [2.45, 2.75) is 0 Å². The number of nitrogens with zero attached hydrogens (tertiary/aromatic N) is 3. The molecule has 1 aromatic carbocycles. The summed E-state index contributed by atoms with van der Waals surface area (Å²) in [4.78, 5) is 31.0. The molecular weight excluding hydrogens is 313 g/mol. The number of hydrogen-bond acceptors (Lipinski definition) is 4. The lowest BCUT2D eigenvalue weighted by atomic mass is 10.1. The zero-order valence-corrected chi connectivity index (χ0v) is 12.9. The van der Waals surface area contributed by atoms with E-state index in [2.05, 4.69) is 4.98 Å². The molecule has 124 valence electrons. The van der Waals surface area contributed by atoms with E-state index in [-0.39, 0.29) is 23.0 Å². The van der Waals surface area contributed by atoms with Crippen molar-refractivity contribution in [1.82, 2.24) is 9.88 Å². The third-order valence-electron chi connectivity index (χ3n) is 4.00. The highest BCUT2D eigenvalue weighted by Gasteiger charge is 2.26. The van der Waals surface area contributed by atoms with Crippen LogP contribution in [-0.4, -0.2) is 53.0 Å². The standard InChI is InChI=1S/C17H16FN3O3/c18-13-5-1-2-6-14(13)20-8-10-21(11-9-20)16(22)12-4-3-7-19-15(12)17(23)24/h1-7H,8-11H2,(H,23,24). The number of aromatic carboxylic acids is 1. The van der Waals surface area contributed by atoms with Gasteiger partial charge in [-0.1, -0.05) is 12.1 Å². The van der Waals surface area contributed by atoms with Crippen LogP contribution in [0.25, 0.3) is 0 Å². The molecule has 1 aliphatic heterocycles. The first-order chi connectivity index (χ1) is 11.6. The van der Waals surface area contributed by atoms with E-state index < -0.39 is 5.97 Å². The third kappa shape index (κ3) is 3.05. The van der Waals surface area contributed by atoms with Gasteiger partial charge in [-0.05, 0) is 24.3 Å².